The van der Waals surface area contributed by atoms with Gasteiger partial charge in [0.05, 0.1) is 13.4 Å². The summed E-state index contributed by atoms with van der Waals surface area (Å²) in [5.41, 5.74) is 1.86. The molecule has 0 aromatic heterocycles. The molecular formula is C7H15N3O5S. The van der Waals surface area contributed by atoms with Crippen LogP contribution in [0.2, 0.25) is 0 Å². The van der Waals surface area contributed by atoms with Crippen LogP contribution in [0.5, 0.6) is 0 Å². The highest BCUT2D eigenvalue weighted by Gasteiger charge is 2.26. The Kier molecular flexibility index (Phi) is 5.02. The lowest BCUT2D eigenvalue weighted by atomic mass is 10.4. The molecule has 0 saturated carbocycles. The molecule has 3 amide bonds. The number of hydrogen-bond donors (Lipinski definition) is 2. The van der Waals surface area contributed by atoms with Gasteiger partial charge in [-0.1, -0.05) is 0 Å². The van der Waals surface area contributed by atoms with Crippen LogP contribution in [0.15, 0.2) is 0 Å². The number of urea groups is 1. The van der Waals surface area contributed by atoms with Gasteiger partial charge in [-0.05, 0) is 13.8 Å². The fraction of sp³-hybridized carbons (Fsp3) is 0.714. The van der Waals surface area contributed by atoms with Gasteiger partial charge < -0.3 is 10.1 Å². The highest BCUT2D eigenvalue weighted by Crippen LogP contribution is 1.96. The average molecular weight is 253 g/mol. The summed E-state index contributed by atoms with van der Waals surface area (Å²) >= 11 is 0. The van der Waals surface area contributed by atoms with E-state index in [0.717, 1.165) is 13.4 Å². The summed E-state index contributed by atoms with van der Waals surface area (Å²) in [5.74, 6) is 0. The van der Waals surface area contributed by atoms with Crippen molar-refractivity contribution in [3.05, 3.63) is 0 Å². The number of ether oxygens (including phenoxy) is 1. The Labute approximate surface area is 94.0 Å². The Morgan fingerprint density at radius 1 is 1.31 bits per heavy atom. The van der Waals surface area contributed by atoms with E-state index >= 15 is 0 Å². The normalized spacial score (nSPS) is 10.8. The number of nitrogens with zero attached hydrogens (tertiary/aromatic N) is 1. The minimum Gasteiger partial charge on any atom is -0.451 e. The van der Waals surface area contributed by atoms with Crippen molar-refractivity contribution in [3.8, 4) is 0 Å². The maximum atomic E-state index is 11.2. The molecule has 0 aromatic rings. The van der Waals surface area contributed by atoms with E-state index in [1.54, 1.807) is 13.8 Å². The molecule has 0 unspecified atom stereocenters. The first kappa shape index (κ1) is 14.5. The van der Waals surface area contributed by atoms with Gasteiger partial charge in [-0.2, -0.15) is 0 Å². The fourth-order valence-corrected chi connectivity index (χ4v) is 1.33. The quantitative estimate of drug-likeness (QED) is 0.654. The number of methoxy groups -OCH3 is 1. The van der Waals surface area contributed by atoms with Gasteiger partial charge in [-0.3, -0.25) is 0 Å². The van der Waals surface area contributed by atoms with Gasteiger partial charge in [0.15, 0.2) is 0 Å². The highest BCUT2D eigenvalue weighted by atomic mass is 32.2. The molecule has 0 aromatic carbocycles. The smallest absolute Gasteiger partial charge is 0.443 e. The Morgan fingerprint density at radius 3 is 2.12 bits per heavy atom. The second-order valence-corrected chi connectivity index (χ2v) is 5.07. The first-order chi connectivity index (χ1) is 7.18. The number of carbonyl (C=O) groups is 2. The standard InChI is InChI=1S/C7H15N3O5S/c1-5(2)8-6(11)9-10(7(12)15-3)16(4,13)14/h5H,1-4H3,(H2,8,9,11). The summed E-state index contributed by atoms with van der Waals surface area (Å²) in [5, 5.41) is 2.36. The molecule has 16 heavy (non-hydrogen) atoms. The average Bonchev–Trinajstić information content (AvgIpc) is 2.10. The third-order valence-electron chi connectivity index (χ3n) is 1.29. The molecule has 0 aliphatic carbocycles. The van der Waals surface area contributed by atoms with E-state index in [1.807, 2.05) is 5.43 Å². The summed E-state index contributed by atoms with van der Waals surface area (Å²) in [4.78, 5) is 22.3. The van der Waals surface area contributed by atoms with Crippen molar-refractivity contribution in [2.24, 2.45) is 0 Å². The number of amides is 3. The van der Waals surface area contributed by atoms with Crippen LogP contribution >= 0.6 is 0 Å². The van der Waals surface area contributed by atoms with Gasteiger partial charge in [0, 0.05) is 6.04 Å². The summed E-state index contributed by atoms with van der Waals surface area (Å²) in [6.45, 7) is 3.37. The van der Waals surface area contributed by atoms with Crippen molar-refractivity contribution >= 4 is 22.1 Å². The van der Waals surface area contributed by atoms with E-state index in [0.29, 0.717) is 0 Å². The maximum Gasteiger partial charge on any atom is 0.443 e. The van der Waals surface area contributed by atoms with Crippen molar-refractivity contribution in [3.63, 3.8) is 0 Å². The zero-order valence-corrected chi connectivity index (χ0v) is 10.3. The minimum absolute atomic E-state index is 0.116. The minimum atomic E-state index is -3.92. The van der Waals surface area contributed by atoms with Gasteiger partial charge in [0.25, 0.3) is 10.0 Å². The number of carbonyl (C=O) groups excluding carboxylic acids is 2. The Hall–Kier alpha value is -1.51. The van der Waals surface area contributed by atoms with Crippen LogP contribution in [-0.4, -0.2) is 44.4 Å². The zero-order chi connectivity index (χ0) is 12.9. The van der Waals surface area contributed by atoms with Crippen molar-refractivity contribution in [1.29, 1.82) is 0 Å². The van der Waals surface area contributed by atoms with Gasteiger partial charge in [0.2, 0.25) is 0 Å². The molecule has 94 valence electrons. The first-order valence-corrected chi connectivity index (χ1v) is 6.18. The zero-order valence-electron chi connectivity index (χ0n) is 9.47. The summed E-state index contributed by atoms with van der Waals surface area (Å²) in [6, 6.07) is -1.01. The second kappa shape index (κ2) is 5.54. The van der Waals surface area contributed by atoms with E-state index in [2.05, 4.69) is 10.1 Å². The Balaban J connectivity index is 4.71. The van der Waals surface area contributed by atoms with Gasteiger partial charge in [-0.25, -0.2) is 23.4 Å². The Bertz CT molecular complexity index is 364. The molecule has 2 N–H and O–H groups in total. The van der Waals surface area contributed by atoms with Crippen LogP contribution in [0, 0.1) is 0 Å². The summed E-state index contributed by atoms with van der Waals surface area (Å²) in [7, 11) is -2.92. The number of sulfonamides is 1. The maximum absolute atomic E-state index is 11.2. The lowest BCUT2D eigenvalue weighted by Crippen LogP contribution is -2.53. The van der Waals surface area contributed by atoms with Crippen LogP contribution in [0.1, 0.15) is 13.8 Å². The third kappa shape index (κ3) is 4.82. The summed E-state index contributed by atoms with van der Waals surface area (Å²) in [6.07, 6.45) is -0.430. The number of hydrazine groups is 1. The van der Waals surface area contributed by atoms with Crippen LogP contribution in [-0.2, 0) is 14.8 Å². The SMILES string of the molecule is COC(=O)N(NC(=O)NC(C)C)S(C)(=O)=O. The predicted molar refractivity (Wildman–Crippen MR) is 55.9 cm³/mol. The van der Waals surface area contributed by atoms with Crippen molar-refractivity contribution in [2.75, 3.05) is 13.4 Å². The molecule has 0 spiro atoms. The third-order valence-corrected chi connectivity index (χ3v) is 2.20. The van der Waals surface area contributed by atoms with Crippen LogP contribution in [0.4, 0.5) is 9.59 Å². The lowest BCUT2D eigenvalue weighted by molar-refractivity contribution is 0.137. The van der Waals surface area contributed by atoms with Gasteiger partial charge in [0.1, 0.15) is 0 Å². The molecule has 0 atom stereocenters. The van der Waals surface area contributed by atoms with Crippen molar-refractivity contribution < 1.29 is 22.7 Å². The molecule has 9 heteroatoms. The second-order valence-electron chi connectivity index (χ2n) is 3.24. The highest BCUT2D eigenvalue weighted by molar-refractivity contribution is 7.88. The molecule has 0 fully saturated rings. The van der Waals surface area contributed by atoms with Gasteiger partial charge >= 0.3 is 12.1 Å². The van der Waals surface area contributed by atoms with Crippen molar-refractivity contribution in [1.82, 2.24) is 15.2 Å². The Morgan fingerprint density at radius 2 is 1.81 bits per heavy atom. The molecule has 0 rings (SSSR count). The molecule has 0 radical (unpaired) electrons. The van der Waals surface area contributed by atoms with Crippen LogP contribution < -0.4 is 10.7 Å². The summed E-state index contributed by atoms with van der Waals surface area (Å²) < 4.78 is 26.6. The van der Waals surface area contributed by atoms with Crippen molar-refractivity contribution in [2.45, 2.75) is 19.9 Å². The largest absolute Gasteiger partial charge is 0.451 e. The fourth-order valence-electron chi connectivity index (χ4n) is 0.734. The van der Waals surface area contributed by atoms with Crippen LogP contribution in [0.25, 0.3) is 0 Å². The first-order valence-electron chi connectivity index (χ1n) is 4.34. The number of hydrogen-bond acceptors (Lipinski definition) is 5. The monoisotopic (exact) mass is 253 g/mol. The van der Waals surface area contributed by atoms with E-state index < -0.39 is 22.1 Å². The van der Waals surface area contributed by atoms with E-state index in [-0.39, 0.29) is 10.5 Å². The molecular weight excluding hydrogens is 238 g/mol. The molecule has 0 aliphatic rings. The van der Waals surface area contributed by atoms with E-state index in [4.69, 9.17) is 0 Å². The molecule has 0 bridgehead atoms. The number of rotatable bonds is 2. The van der Waals surface area contributed by atoms with Crippen LogP contribution in [0.3, 0.4) is 0 Å². The van der Waals surface area contributed by atoms with Gasteiger partial charge in [-0.15, -0.1) is 4.41 Å². The molecule has 0 aliphatic heterocycles. The topological polar surface area (TPSA) is 105 Å². The molecule has 0 saturated heterocycles. The molecule has 0 heterocycles. The molecule has 8 nitrogen and oxygen atoms in total. The lowest BCUT2D eigenvalue weighted by Gasteiger charge is -2.20. The predicted octanol–water partition coefficient (Wildman–Crippen LogP) is -0.363. The van der Waals surface area contributed by atoms with E-state index in [9.17, 15) is 18.0 Å². The number of nitrogens with one attached hydrogen (secondary N) is 2. The van der Waals surface area contributed by atoms with E-state index in [1.165, 1.54) is 0 Å².